The maximum atomic E-state index is 4.44. The average Bonchev–Trinajstić information content (AvgIpc) is 2.62. The standard InChI is InChI=1S/C3H3N2.3C2H5.Sn/c1-2-5-3-4-1;3*1-2;/h1-2H,(H,4,5);3*1H2,2H3;. The van der Waals surface area contributed by atoms with Gasteiger partial charge in [0.25, 0.3) is 0 Å². The van der Waals surface area contributed by atoms with Gasteiger partial charge < -0.3 is 0 Å². The molecular formula is C9H18N2Sn. The number of imidazole rings is 1. The van der Waals surface area contributed by atoms with Crippen molar-refractivity contribution in [2.75, 3.05) is 0 Å². The molecule has 12 heavy (non-hydrogen) atoms. The van der Waals surface area contributed by atoms with Crippen molar-refractivity contribution in [1.82, 2.24) is 9.97 Å². The van der Waals surface area contributed by atoms with E-state index in [9.17, 15) is 0 Å². The summed E-state index contributed by atoms with van der Waals surface area (Å²) in [6, 6.07) is 0. The second-order valence-corrected chi connectivity index (χ2v) is 18.0. The molecule has 0 bridgehead atoms. The number of nitrogens with zero attached hydrogens (tertiary/aromatic N) is 1. The molecule has 2 nitrogen and oxygen atoms in total. The van der Waals surface area contributed by atoms with Crippen LogP contribution in [0, 0.1) is 0 Å². The van der Waals surface area contributed by atoms with Crippen LogP contribution < -0.4 is 3.84 Å². The fourth-order valence-corrected chi connectivity index (χ4v) is 11.1. The van der Waals surface area contributed by atoms with Crippen molar-refractivity contribution in [1.29, 1.82) is 0 Å². The number of hydrogen-bond acceptors (Lipinski definition) is 1. The second-order valence-electron chi connectivity index (χ2n) is 3.28. The number of nitrogens with one attached hydrogen (secondary N) is 1. The monoisotopic (exact) mass is 274 g/mol. The van der Waals surface area contributed by atoms with E-state index < -0.39 is 18.4 Å². The summed E-state index contributed by atoms with van der Waals surface area (Å²) in [7, 11) is 0. The first-order chi connectivity index (χ1) is 5.79. The zero-order valence-corrected chi connectivity index (χ0v) is 11.1. The van der Waals surface area contributed by atoms with Gasteiger partial charge in [-0.25, -0.2) is 0 Å². The molecule has 0 aliphatic rings. The van der Waals surface area contributed by atoms with E-state index in [1.807, 2.05) is 12.4 Å². The van der Waals surface area contributed by atoms with Crippen LogP contribution in [-0.2, 0) is 0 Å². The molecule has 0 saturated carbocycles. The first-order valence-corrected chi connectivity index (χ1v) is 12.3. The summed E-state index contributed by atoms with van der Waals surface area (Å²) in [5.74, 6) is 0. The van der Waals surface area contributed by atoms with Crippen LogP contribution in [0.15, 0.2) is 12.4 Å². The average molecular weight is 273 g/mol. The third-order valence-corrected chi connectivity index (χ3v) is 18.3. The Labute approximate surface area is 78.7 Å². The van der Waals surface area contributed by atoms with E-state index in [4.69, 9.17) is 0 Å². The van der Waals surface area contributed by atoms with E-state index in [0.29, 0.717) is 0 Å². The quantitative estimate of drug-likeness (QED) is 0.836. The van der Waals surface area contributed by atoms with Crippen molar-refractivity contribution in [2.45, 2.75) is 34.1 Å². The topological polar surface area (TPSA) is 28.7 Å². The summed E-state index contributed by atoms with van der Waals surface area (Å²) in [4.78, 5) is 7.75. The van der Waals surface area contributed by atoms with Crippen LogP contribution in [0.1, 0.15) is 20.8 Å². The predicted molar refractivity (Wildman–Crippen MR) is 55.4 cm³/mol. The summed E-state index contributed by atoms with van der Waals surface area (Å²) in [5, 5.41) is 0. The van der Waals surface area contributed by atoms with Crippen molar-refractivity contribution in [3.63, 3.8) is 0 Å². The summed E-state index contributed by atoms with van der Waals surface area (Å²) in [5.41, 5.74) is 0. The van der Waals surface area contributed by atoms with Gasteiger partial charge in [0.1, 0.15) is 0 Å². The van der Waals surface area contributed by atoms with Crippen molar-refractivity contribution in [3.05, 3.63) is 12.4 Å². The molecule has 0 radical (unpaired) electrons. The SMILES string of the molecule is C[CH2][Sn]([CH2]C)([CH2]C)[c]1ncc[nH]1. The Balaban J connectivity index is 2.93. The van der Waals surface area contributed by atoms with Gasteiger partial charge in [-0.2, -0.15) is 0 Å². The molecule has 0 atom stereocenters. The van der Waals surface area contributed by atoms with Crippen LogP contribution in [0.3, 0.4) is 0 Å². The second kappa shape index (κ2) is 4.30. The van der Waals surface area contributed by atoms with E-state index in [1.54, 1.807) is 0 Å². The molecule has 0 fully saturated rings. The minimum absolute atomic E-state index is 1.36. The fraction of sp³-hybridized carbons (Fsp3) is 0.667. The summed E-state index contributed by atoms with van der Waals surface area (Å²) < 4.78 is 5.47. The van der Waals surface area contributed by atoms with Crippen LogP contribution >= 0.6 is 0 Å². The fourth-order valence-electron chi connectivity index (χ4n) is 1.81. The summed E-state index contributed by atoms with van der Waals surface area (Å²) in [6.45, 7) is 6.98. The van der Waals surface area contributed by atoms with Gasteiger partial charge in [-0.3, -0.25) is 0 Å². The molecular weight excluding hydrogens is 255 g/mol. The molecule has 0 unspecified atom stereocenters. The molecule has 0 aromatic carbocycles. The van der Waals surface area contributed by atoms with Crippen LogP contribution in [0.4, 0.5) is 0 Å². The molecule has 1 aromatic heterocycles. The molecule has 0 aliphatic carbocycles. The van der Waals surface area contributed by atoms with Gasteiger partial charge in [-0.05, 0) is 0 Å². The van der Waals surface area contributed by atoms with Crippen LogP contribution in [0.2, 0.25) is 13.3 Å². The number of hydrogen-bond donors (Lipinski definition) is 1. The Morgan fingerprint density at radius 2 is 1.83 bits per heavy atom. The number of rotatable bonds is 4. The number of aromatic amines is 1. The van der Waals surface area contributed by atoms with E-state index in [2.05, 4.69) is 30.7 Å². The van der Waals surface area contributed by atoms with E-state index >= 15 is 0 Å². The van der Waals surface area contributed by atoms with E-state index in [1.165, 1.54) is 17.2 Å². The first-order valence-electron chi connectivity index (χ1n) is 4.79. The van der Waals surface area contributed by atoms with Crippen molar-refractivity contribution >= 4 is 22.2 Å². The molecule has 0 saturated heterocycles. The van der Waals surface area contributed by atoms with Crippen molar-refractivity contribution in [2.24, 2.45) is 0 Å². The van der Waals surface area contributed by atoms with Gasteiger partial charge in [0.15, 0.2) is 0 Å². The Bertz CT molecular complexity index is 206. The Morgan fingerprint density at radius 1 is 1.25 bits per heavy atom. The molecule has 1 N–H and O–H groups in total. The molecule has 0 spiro atoms. The minimum atomic E-state index is -1.97. The Hall–Kier alpha value is 0.00870. The predicted octanol–water partition coefficient (Wildman–Crippen LogP) is 2.13. The third kappa shape index (κ3) is 1.68. The number of aromatic nitrogens is 2. The van der Waals surface area contributed by atoms with Crippen molar-refractivity contribution in [3.8, 4) is 0 Å². The Morgan fingerprint density at radius 3 is 2.17 bits per heavy atom. The van der Waals surface area contributed by atoms with Gasteiger partial charge in [-0.15, -0.1) is 0 Å². The van der Waals surface area contributed by atoms with E-state index in [0.717, 1.165) is 0 Å². The van der Waals surface area contributed by atoms with Gasteiger partial charge in [-0.1, -0.05) is 0 Å². The molecule has 1 aromatic rings. The molecule has 1 rings (SSSR count). The zero-order chi connectivity index (χ0) is 9.03. The molecule has 1 heterocycles. The van der Waals surface area contributed by atoms with Gasteiger partial charge >= 0.3 is 78.7 Å². The van der Waals surface area contributed by atoms with Crippen LogP contribution in [0.25, 0.3) is 0 Å². The first kappa shape index (κ1) is 10.1. The van der Waals surface area contributed by atoms with Gasteiger partial charge in [0.05, 0.1) is 0 Å². The third-order valence-electron chi connectivity index (χ3n) is 3.03. The normalized spacial score (nSPS) is 11.9. The summed E-state index contributed by atoms with van der Waals surface area (Å²) >= 11 is -1.97. The molecule has 3 heteroatoms. The maximum absolute atomic E-state index is 4.44. The molecule has 0 aliphatic heterocycles. The van der Waals surface area contributed by atoms with Crippen LogP contribution in [0.5, 0.6) is 0 Å². The van der Waals surface area contributed by atoms with Crippen LogP contribution in [-0.4, -0.2) is 28.3 Å². The molecule has 0 amide bonds. The Kier molecular flexibility index (Phi) is 3.62. The van der Waals surface area contributed by atoms with Gasteiger partial charge in [0.2, 0.25) is 0 Å². The number of H-pyrrole nitrogens is 1. The van der Waals surface area contributed by atoms with Crippen molar-refractivity contribution < 1.29 is 0 Å². The van der Waals surface area contributed by atoms with Gasteiger partial charge in [0, 0.05) is 0 Å². The molecule has 68 valence electrons. The zero-order valence-electron chi connectivity index (χ0n) is 8.22. The van der Waals surface area contributed by atoms with E-state index in [-0.39, 0.29) is 0 Å². The summed E-state index contributed by atoms with van der Waals surface area (Å²) in [6.07, 6.45) is 3.85.